The van der Waals surface area contributed by atoms with Crippen molar-refractivity contribution in [2.75, 3.05) is 6.54 Å². The molecule has 1 aliphatic heterocycles. The highest BCUT2D eigenvalue weighted by Crippen LogP contribution is 2.25. The van der Waals surface area contributed by atoms with Gasteiger partial charge in [-0.25, -0.2) is 9.79 Å². The summed E-state index contributed by atoms with van der Waals surface area (Å²) in [7, 11) is 0. The molecule has 18 heavy (non-hydrogen) atoms. The molecule has 0 saturated carbocycles. The lowest BCUT2D eigenvalue weighted by Gasteiger charge is -2.24. The van der Waals surface area contributed by atoms with Crippen molar-refractivity contribution < 1.29 is 9.90 Å². The van der Waals surface area contributed by atoms with E-state index in [9.17, 15) is 4.79 Å². The Labute approximate surface area is 107 Å². The van der Waals surface area contributed by atoms with E-state index >= 15 is 0 Å². The number of nitrogens with zero attached hydrogens (tertiary/aromatic N) is 2. The van der Waals surface area contributed by atoms with E-state index in [2.05, 4.69) is 16.8 Å². The van der Waals surface area contributed by atoms with Gasteiger partial charge in [0.2, 0.25) is 0 Å². The predicted molar refractivity (Wildman–Crippen MR) is 71.5 cm³/mol. The van der Waals surface area contributed by atoms with Crippen LogP contribution in [0.25, 0.3) is 0 Å². The summed E-state index contributed by atoms with van der Waals surface area (Å²) in [5.74, 6) is -0.904. The van der Waals surface area contributed by atoms with E-state index in [0.717, 1.165) is 24.3 Å². The number of unbranched alkanes of at least 4 members (excludes halogenated alkanes) is 2. The highest BCUT2D eigenvalue weighted by molar-refractivity contribution is 5.89. The van der Waals surface area contributed by atoms with Crippen LogP contribution in [0.1, 0.15) is 42.1 Å². The number of carboxylic acids is 1. The molecule has 0 radical (unpaired) electrons. The zero-order valence-corrected chi connectivity index (χ0v) is 10.6. The molecular formula is C14H18N2O2. The molecule has 1 aromatic rings. The number of rotatable bonds is 5. The lowest BCUT2D eigenvalue weighted by Crippen LogP contribution is -2.25. The van der Waals surface area contributed by atoms with Crippen LogP contribution in [-0.4, -0.2) is 28.9 Å². The summed E-state index contributed by atoms with van der Waals surface area (Å²) in [5, 5.41) is 8.92. The number of hydrogen-bond acceptors (Lipinski definition) is 3. The quantitative estimate of drug-likeness (QED) is 0.812. The molecule has 0 amide bonds. The standard InChI is InChI=1S/C14H18N2O2/c1-2-3-4-7-16-9-12-6-5-11(14(17)18)8-13(12)15-10-16/h5-6,8,10H,2-4,7,9H2,1H3,(H,17,18). The summed E-state index contributed by atoms with van der Waals surface area (Å²) in [6, 6.07) is 5.14. The maximum atomic E-state index is 10.9. The minimum Gasteiger partial charge on any atom is -0.478 e. The summed E-state index contributed by atoms with van der Waals surface area (Å²) >= 11 is 0. The zero-order chi connectivity index (χ0) is 13.0. The lowest BCUT2D eigenvalue weighted by molar-refractivity contribution is 0.0697. The van der Waals surface area contributed by atoms with E-state index in [1.54, 1.807) is 12.1 Å². The number of carboxylic acid groups (broad SMARTS) is 1. The number of benzene rings is 1. The molecule has 0 bridgehead atoms. The fourth-order valence-corrected chi connectivity index (χ4v) is 2.06. The Morgan fingerprint density at radius 3 is 3.00 bits per heavy atom. The van der Waals surface area contributed by atoms with Gasteiger partial charge in [-0.1, -0.05) is 25.8 Å². The molecule has 1 heterocycles. The van der Waals surface area contributed by atoms with E-state index in [1.807, 2.05) is 12.4 Å². The van der Waals surface area contributed by atoms with Crippen molar-refractivity contribution >= 4 is 18.0 Å². The van der Waals surface area contributed by atoms with Gasteiger partial charge in [-0.2, -0.15) is 0 Å². The third kappa shape index (κ3) is 2.88. The van der Waals surface area contributed by atoms with Gasteiger partial charge in [0.25, 0.3) is 0 Å². The van der Waals surface area contributed by atoms with Crippen molar-refractivity contribution in [2.45, 2.75) is 32.7 Å². The van der Waals surface area contributed by atoms with Gasteiger partial charge in [-0.3, -0.25) is 0 Å². The van der Waals surface area contributed by atoms with Crippen molar-refractivity contribution in [2.24, 2.45) is 4.99 Å². The molecule has 0 unspecified atom stereocenters. The monoisotopic (exact) mass is 246 g/mol. The second-order valence-electron chi connectivity index (χ2n) is 4.57. The Balaban J connectivity index is 2.05. The second kappa shape index (κ2) is 5.67. The first-order chi connectivity index (χ1) is 8.70. The normalized spacial score (nSPS) is 13.5. The largest absolute Gasteiger partial charge is 0.478 e. The van der Waals surface area contributed by atoms with Crippen molar-refractivity contribution in [1.29, 1.82) is 0 Å². The first-order valence-electron chi connectivity index (χ1n) is 6.35. The molecule has 4 nitrogen and oxygen atoms in total. The number of fused-ring (bicyclic) bond motifs is 1. The SMILES string of the molecule is CCCCCN1C=Nc2cc(C(=O)O)ccc2C1. The Morgan fingerprint density at radius 1 is 1.44 bits per heavy atom. The Bertz CT molecular complexity index is 469. The topological polar surface area (TPSA) is 52.9 Å². The van der Waals surface area contributed by atoms with E-state index in [4.69, 9.17) is 5.11 Å². The molecule has 0 aliphatic carbocycles. The fraction of sp³-hybridized carbons (Fsp3) is 0.429. The molecule has 0 spiro atoms. The summed E-state index contributed by atoms with van der Waals surface area (Å²) < 4.78 is 0. The van der Waals surface area contributed by atoms with E-state index < -0.39 is 5.97 Å². The van der Waals surface area contributed by atoms with Gasteiger partial charge in [0, 0.05) is 13.1 Å². The molecule has 0 aromatic heterocycles. The smallest absolute Gasteiger partial charge is 0.335 e. The summed E-state index contributed by atoms with van der Waals surface area (Å²) in [4.78, 5) is 17.4. The molecule has 4 heteroatoms. The number of carbonyl (C=O) groups is 1. The minimum atomic E-state index is -0.904. The summed E-state index contributed by atoms with van der Waals surface area (Å²) in [6.45, 7) is 4.02. The Kier molecular flexibility index (Phi) is 3.97. The molecular weight excluding hydrogens is 228 g/mol. The Hall–Kier alpha value is -1.84. The van der Waals surface area contributed by atoms with Gasteiger partial charge in [0.05, 0.1) is 17.6 Å². The molecule has 2 rings (SSSR count). The van der Waals surface area contributed by atoms with Crippen LogP contribution in [0.3, 0.4) is 0 Å². The lowest BCUT2D eigenvalue weighted by atomic mass is 10.1. The summed E-state index contributed by atoms with van der Waals surface area (Å²) in [6.07, 6.45) is 5.44. The molecule has 0 fully saturated rings. The van der Waals surface area contributed by atoms with Gasteiger partial charge in [0.1, 0.15) is 0 Å². The first-order valence-corrected chi connectivity index (χ1v) is 6.35. The van der Waals surface area contributed by atoms with E-state index in [-0.39, 0.29) is 0 Å². The minimum absolute atomic E-state index is 0.297. The highest BCUT2D eigenvalue weighted by atomic mass is 16.4. The molecule has 1 aromatic carbocycles. The molecule has 1 aliphatic rings. The third-order valence-electron chi connectivity index (χ3n) is 3.11. The first kappa shape index (κ1) is 12.6. The average Bonchev–Trinajstić information content (AvgIpc) is 2.38. The number of aromatic carboxylic acids is 1. The number of aliphatic imine (C=N–C) groups is 1. The van der Waals surface area contributed by atoms with E-state index in [0.29, 0.717) is 5.56 Å². The average molecular weight is 246 g/mol. The van der Waals surface area contributed by atoms with Gasteiger partial charge in [0.15, 0.2) is 0 Å². The number of hydrogen-bond donors (Lipinski definition) is 1. The van der Waals surface area contributed by atoms with Crippen molar-refractivity contribution in [3.63, 3.8) is 0 Å². The fourth-order valence-electron chi connectivity index (χ4n) is 2.06. The van der Waals surface area contributed by atoms with Crippen LogP contribution in [0.5, 0.6) is 0 Å². The van der Waals surface area contributed by atoms with Crippen molar-refractivity contribution in [3.05, 3.63) is 29.3 Å². The molecule has 0 atom stereocenters. The molecule has 0 saturated heterocycles. The maximum Gasteiger partial charge on any atom is 0.335 e. The van der Waals surface area contributed by atoms with E-state index in [1.165, 1.54) is 19.3 Å². The molecule has 96 valence electrons. The van der Waals surface area contributed by atoms with Crippen molar-refractivity contribution in [3.8, 4) is 0 Å². The third-order valence-corrected chi connectivity index (χ3v) is 3.11. The predicted octanol–water partition coefficient (Wildman–Crippen LogP) is 3.05. The summed E-state index contributed by atoms with van der Waals surface area (Å²) in [5.41, 5.74) is 2.17. The van der Waals surface area contributed by atoms with Gasteiger partial charge in [-0.15, -0.1) is 0 Å². The van der Waals surface area contributed by atoms with Crippen LogP contribution in [0.4, 0.5) is 5.69 Å². The van der Waals surface area contributed by atoms with Gasteiger partial charge in [-0.05, 0) is 24.1 Å². The van der Waals surface area contributed by atoms with Crippen LogP contribution >= 0.6 is 0 Å². The zero-order valence-electron chi connectivity index (χ0n) is 10.6. The highest BCUT2D eigenvalue weighted by Gasteiger charge is 2.13. The van der Waals surface area contributed by atoms with Crippen LogP contribution in [-0.2, 0) is 6.54 Å². The maximum absolute atomic E-state index is 10.9. The van der Waals surface area contributed by atoms with Crippen LogP contribution < -0.4 is 0 Å². The van der Waals surface area contributed by atoms with Gasteiger partial charge >= 0.3 is 5.97 Å². The molecule has 1 N–H and O–H groups in total. The van der Waals surface area contributed by atoms with Crippen LogP contribution in [0.15, 0.2) is 23.2 Å². The van der Waals surface area contributed by atoms with Gasteiger partial charge < -0.3 is 10.0 Å². The Morgan fingerprint density at radius 2 is 2.28 bits per heavy atom. The van der Waals surface area contributed by atoms with Crippen LogP contribution in [0.2, 0.25) is 0 Å². The van der Waals surface area contributed by atoms with Crippen LogP contribution in [0, 0.1) is 0 Å². The van der Waals surface area contributed by atoms with Crippen molar-refractivity contribution in [1.82, 2.24) is 4.90 Å². The second-order valence-corrected chi connectivity index (χ2v) is 4.57.